The minimum absolute atomic E-state index is 0.148. The van der Waals surface area contributed by atoms with E-state index in [4.69, 9.17) is 0 Å². The van der Waals surface area contributed by atoms with Crippen molar-refractivity contribution >= 4 is 34.1 Å². The number of allylic oxidation sites excluding steroid dienone is 2. The van der Waals surface area contributed by atoms with E-state index in [9.17, 15) is 0 Å². The molecule has 0 N–H and O–H groups in total. The van der Waals surface area contributed by atoms with Crippen LogP contribution in [0.5, 0.6) is 0 Å². The van der Waals surface area contributed by atoms with E-state index < -0.39 is 0 Å². The Labute approximate surface area is 391 Å². The van der Waals surface area contributed by atoms with Crippen LogP contribution in [0.1, 0.15) is 92.5 Å². The molecule has 12 rings (SSSR count). The predicted octanol–water partition coefficient (Wildman–Crippen LogP) is 17.5. The number of hydrogen-bond acceptors (Lipinski definition) is 2. The normalized spacial score (nSPS) is 21.0. The predicted molar refractivity (Wildman–Crippen MR) is 277 cm³/mol. The van der Waals surface area contributed by atoms with Crippen molar-refractivity contribution in [3.8, 4) is 22.3 Å². The molecular formula is C64H58N2. The smallest absolute Gasteiger partial charge is 0.0465 e. The fourth-order valence-electron chi connectivity index (χ4n) is 12.7. The maximum Gasteiger partial charge on any atom is 0.0465 e. The standard InChI is InChI=1S/C64H58N2/c1-63(2)60-23-15-22-57(46-16-7-3-8-17-46)62(60)58-39-38-56(44-61(58)63)66(52-20-11-5-12-21-52)55-36-30-50(31-37-55)64(40-13-6-14-41-64)49-28-34-54(35-29-49)65(51-18-9-4-10-19-51)53-32-26-47(27-33-53)59-43-45-24-25-48(59)42-45/h3-5,7-13,15-23,26-40,44-45,48,59H,6,14,24-25,41-43H2,1-2H3. The molecule has 8 aromatic rings. The van der Waals surface area contributed by atoms with Crippen LogP contribution < -0.4 is 9.80 Å². The highest BCUT2D eigenvalue weighted by Gasteiger charge is 2.41. The highest BCUT2D eigenvalue weighted by atomic mass is 15.1. The van der Waals surface area contributed by atoms with Gasteiger partial charge in [0.15, 0.2) is 0 Å². The molecule has 8 aromatic carbocycles. The fourth-order valence-corrected chi connectivity index (χ4v) is 12.7. The van der Waals surface area contributed by atoms with Crippen molar-refractivity contribution < 1.29 is 0 Å². The van der Waals surface area contributed by atoms with Gasteiger partial charge in [-0.25, -0.2) is 0 Å². The molecule has 0 aromatic heterocycles. The van der Waals surface area contributed by atoms with E-state index in [0.29, 0.717) is 0 Å². The molecule has 0 saturated heterocycles. The summed E-state index contributed by atoms with van der Waals surface area (Å²) in [6, 6.07) is 75.1. The van der Waals surface area contributed by atoms with Gasteiger partial charge in [-0.05, 0) is 179 Å². The molecule has 2 heteroatoms. The monoisotopic (exact) mass is 854 g/mol. The Kier molecular flexibility index (Phi) is 10.2. The number of nitrogens with zero attached hydrogens (tertiary/aromatic N) is 2. The average Bonchev–Trinajstić information content (AvgIpc) is 4.09. The number of fused-ring (bicyclic) bond motifs is 5. The summed E-state index contributed by atoms with van der Waals surface area (Å²) >= 11 is 0. The van der Waals surface area contributed by atoms with Crippen molar-refractivity contribution in [3.05, 3.63) is 240 Å². The van der Waals surface area contributed by atoms with E-state index in [1.165, 1.54) is 98.5 Å². The Bertz CT molecular complexity index is 3020. The molecular weight excluding hydrogens is 797 g/mol. The molecule has 66 heavy (non-hydrogen) atoms. The minimum Gasteiger partial charge on any atom is -0.311 e. The molecule has 0 amide bonds. The number of benzene rings is 8. The molecule has 2 saturated carbocycles. The summed E-state index contributed by atoms with van der Waals surface area (Å²) in [5.41, 5.74) is 18.9. The molecule has 4 atom stereocenters. The summed E-state index contributed by atoms with van der Waals surface area (Å²) in [6.07, 6.45) is 13.9. The van der Waals surface area contributed by atoms with E-state index >= 15 is 0 Å². The topological polar surface area (TPSA) is 6.48 Å². The van der Waals surface area contributed by atoms with Crippen molar-refractivity contribution in [2.24, 2.45) is 11.8 Å². The van der Waals surface area contributed by atoms with E-state index in [1.54, 1.807) is 0 Å². The van der Waals surface area contributed by atoms with Gasteiger partial charge in [-0.1, -0.05) is 160 Å². The highest BCUT2D eigenvalue weighted by Crippen LogP contribution is 2.55. The maximum absolute atomic E-state index is 2.49. The van der Waals surface area contributed by atoms with E-state index in [-0.39, 0.29) is 10.8 Å². The Morgan fingerprint density at radius 1 is 0.470 bits per heavy atom. The van der Waals surface area contributed by atoms with Crippen LogP contribution in [0.4, 0.5) is 34.1 Å². The Hall–Kier alpha value is -6.90. The maximum atomic E-state index is 2.49. The number of para-hydroxylation sites is 2. The highest BCUT2D eigenvalue weighted by molar-refractivity contribution is 5.94. The van der Waals surface area contributed by atoms with Crippen LogP contribution in [0, 0.1) is 11.8 Å². The lowest BCUT2D eigenvalue weighted by molar-refractivity contribution is 0.420. The first-order valence-electron chi connectivity index (χ1n) is 24.5. The second-order valence-corrected chi connectivity index (χ2v) is 20.0. The molecule has 4 unspecified atom stereocenters. The van der Waals surface area contributed by atoms with Crippen LogP contribution in [0.15, 0.2) is 212 Å². The molecule has 0 radical (unpaired) electrons. The van der Waals surface area contributed by atoms with Gasteiger partial charge < -0.3 is 9.80 Å². The van der Waals surface area contributed by atoms with Gasteiger partial charge in [0.05, 0.1) is 0 Å². The van der Waals surface area contributed by atoms with Gasteiger partial charge in [0, 0.05) is 45.0 Å². The van der Waals surface area contributed by atoms with Gasteiger partial charge in [0.1, 0.15) is 0 Å². The Morgan fingerprint density at radius 2 is 1.03 bits per heavy atom. The first-order valence-corrected chi connectivity index (χ1v) is 24.5. The number of hydrogen-bond donors (Lipinski definition) is 0. The summed E-state index contributed by atoms with van der Waals surface area (Å²) in [4.78, 5) is 4.85. The molecule has 2 fully saturated rings. The lowest BCUT2D eigenvalue weighted by Gasteiger charge is -2.36. The largest absolute Gasteiger partial charge is 0.311 e. The van der Waals surface area contributed by atoms with E-state index in [0.717, 1.165) is 48.4 Å². The molecule has 2 nitrogen and oxygen atoms in total. The molecule has 324 valence electrons. The number of rotatable bonds is 10. The van der Waals surface area contributed by atoms with E-state index in [2.05, 4.69) is 236 Å². The number of anilines is 6. The zero-order chi connectivity index (χ0) is 44.2. The van der Waals surface area contributed by atoms with Crippen LogP contribution in [0.2, 0.25) is 0 Å². The zero-order valence-corrected chi connectivity index (χ0v) is 38.3. The second kappa shape index (κ2) is 16.5. The third-order valence-corrected chi connectivity index (χ3v) is 16.0. The first-order chi connectivity index (χ1) is 32.4. The lowest BCUT2D eigenvalue weighted by atomic mass is 9.69. The lowest BCUT2D eigenvalue weighted by Crippen LogP contribution is -2.27. The second-order valence-electron chi connectivity index (χ2n) is 20.0. The van der Waals surface area contributed by atoms with Crippen molar-refractivity contribution in [1.29, 1.82) is 0 Å². The Balaban J connectivity index is 0.881. The van der Waals surface area contributed by atoms with Crippen molar-refractivity contribution in [3.63, 3.8) is 0 Å². The van der Waals surface area contributed by atoms with Gasteiger partial charge in [-0.3, -0.25) is 0 Å². The van der Waals surface area contributed by atoms with Crippen LogP contribution >= 0.6 is 0 Å². The zero-order valence-electron chi connectivity index (χ0n) is 38.3. The average molecular weight is 855 g/mol. The van der Waals surface area contributed by atoms with Gasteiger partial charge in [-0.2, -0.15) is 0 Å². The third-order valence-electron chi connectivity index (χ3n) is 16.0. The van der Waals surface area contributed by atoms with Crippen LogP contribution in [0.25, 0.3) is 22.3 Å². The van der Waals surface area contributed by atoms with Crippen LogP contribution in [-0.2, 0) is 10.8 Å². The molecule has 4 aliphatic rings. The van der Waals surface area contributed by atoms with Crippen molar-refractivity contribution in [2.45, 2.75) is 75.5 Å². The first kappa shape index (κ1) is 40.6. The van der Waals surface area contributed by atoms with Crippen LogP contribution in [-0.4, -0.2) is 0 Å². The van der Waals surface area contributed by atoms with Gasteiger partial charge in [-0.15, -0.1) is 0 Å². The van der Waals surface area contributed by atoms with E-state index in [1.807, 2.05) is 0 Å². The molecule has 4 aliphatic carbocycles. The Morgan fingerprint density at radius 3 is 1.59 bits per heavy atom. The SMILES string of the molecule is CC1(C)c2cc(N(c3ccccc3)c3ccc(C4(c5ccc(N(c6ccccc6)c6ccc(C7CC8CCC7C8)cc6)cc5)C=CCCC4)cc3)ccc2-c2c(-c3ccccc3)cccc21. The van der Waals surface area contributed by atoms with Crippen molar-refractivity contribution in [2.75, 3.05) is 9.80 Å². The third kappa shape index (κ3) is 6.92. The van der Waals surface area contributed by atoms with Gasteiger partial charge in [0.2, 0.25) is 0 Å². The molecule has 0 spiro atoms. The molecule has 0 aliphatic heterocycles. The van der Waals surface area contributed by atoms with Gasteiger partial charge >= 0.3 is 0 Å². The van der Waals surface area contributed by atoms with Crippen LogP contribution in [0.3, 0.4) is 0 Å². The quantitative estimate of drug-likeness (QED) is 0.126. The molecule has 2 bridgehead atoms. The fraction of sp³-hybridized carbons (Fsp3) is 0.219. The summed E-state index contributed by atoms with van der Waals surface area (Å²) in [7, 11) is 0. The summed E-state index contributed by atoms with van der Waals surface area (Å²) in [5.74, 6) is 2.56. The van der Waals surface area contributed by atoms with Crippen molar-refractivity contribution in [1.82, 2.24) is 0 Å². The minimum atomic E-state index is -0.216. The van der Waals surface area contributed by atoms with Gasteiger partial charge in [0.25, 0.3) is 0 Å². The summed E-state index contributed by atoms with van der Waals surface area (Å²) in [6.45, 7) is 4.77. The summed E-state index contributed by atoms with van der Waals surface area (Å²) in [5, 5.41) is 0. The summed E-state index contributed by atoms with van der Waals surface area (Å²) < 4.78 is 0. The molecule has 0 heterocycles.